The van der Waals surface area contributed by atoms with Crippen LogP contribution in [0.1, 0.15) is 27.2 Å². The highest BCUT2D eigenvalue weighted by atomic mass is 16.5. The summed E-state index contributed by atoms with van der Waals surface area (Å²) in [7, 11) is 0. The lowest BCUT2D eigenvalue weighted by molar-refractivity contribution is 0.104. The van der Waals surface area contributed by atoms with Crippen LogP contribution in [0.2, 0.25) is 0 Å². The molecule has 1 fully saturated rings. The zero-order chi connectivity index (χ0) is 12.0. The number of β-amino-alcohol motifs (C(OH)–C–C–N with tert-alkyl or cyclic N) is 1. The minimum Gasteiger partial charge on any atom is -0.390 e. The Bertz CT molecular complexity index is 189. The molecule has 0 radical (unpaired) electrons. The third kappa shape index (κ3) is 4.37. The highest BCUT2D eigenvalue weighted by molar-refractivity contribution is 4.87. The molecule has 96 valence electrons. The van der Waals surface area contributed by atoms with Gasteiger partial charge in [0.05, 0.1) is 12.7 Å². The Morgan fingerprint density at radius 2 is 2.12 bits per heavy atom. The van der Waals surface area contributed by atoms with Crippen LogP contribution >= 0.6 is 0 Å². The van der Waals surface area contributed by atoms with Gasteiger partial charge in [0.1, 0.15) is 0 Å². The number of nitrogens with zero attached hydrogens (tertiary/aromatic N) is 1. The first-order valence-corrected chi connectivity index (χ1v) is 6.33. The number of ether oxygens (including phenoxy) is 1. The van der Waals surface area contributed by atoms with Gasteiger partial charge >= 0.3 is 0 Å². The lowest BCUT2D eigenvalue weighted by Crippen LogP contribution is -2.48. The van der Waals surface area contributed by atoms with Gasteiger partial charge in [0.25, 0.3) is 0 Å². The maximum absolute atomic E-state index is 9.91. The van der Waals surface area contributed by atoms with Crippen molar-refractivity contribution in [2.24, 2.45) is 0 Å². The van der Waals surface area contributed by atoms with Gasteiger partial charge in [-0.1, -0.05) is 13.8 Å². The molecule has 4 heteroatoms. The first-order chi connectivity index (χ1) is 7.59. The van der Waals surface area contributed by atoms with Crippen molar-refractivity contribution in [2.45, 2.75) is 38.8 Å². The van der Waals surface area contributed by atoms with Crippen LogP contribution in [-0.4, -0.2) is 61.0 Å². The molecule has 1 saturated heterocycles. The van der Waals surface area contributed by atoms with Crippen molar-refractivity contribution in [1.29, 1.82) is 0 Å². The highest BCUT2D eigenvalue weighted by Gasteiger charge is 2.29. The maximum atomic E-state index is 9.91. The molecule has 16 heavy (non-hydrogen) atoms. The number of hydrogen-bond donors (Lipinski definition) is 2. The summed E-state index contributed by atoms with van der Waals surface area (Å²) in [6.45, 7) is 11.4. The van der Waals surface area contributed by atoms with Crippen LogP contribution in [0.4, 0.5) is 0 Å². The summed E-state index contributed by atoms with van der Waals surface area (Å²) in [5.41, 5.74) is 0.0598. The zero-order valence-electron chi connectivity index (χ0n) is 10.8. The van der Waals surface area contributed by atoms with Crippen LogP contribution in [0.5, 0.6) is 0 Å². The summed E-state index contributed by atoms with van der Waals surface area (Å²) in [5.74, 6) is 0. The average Bonchev–Trinajstić information content (AvgIpc) is 2.71. The summed E-state index contributed by atoms with van der Waals surface area (Å²) in [6, 6.07) is 0. The second kappa shape index (κ2) is 6.55. The van der Waals surface area contributed by atoms with Crippen molar-refractivity contribution in [3.63, 3.8) is 0 Å². The molecule has 4 nitrogen and oxygen atoms in total. The molecular formula is C12H26N2O2. The summed E-state index contributed by atoms with van der Waals surface area (Å²) in [4.78, 5) is 2.24. The number of hydrogen-bond acceptors (Lipinski definition) is 4. The van der Waals surface area contributed by atoms with Gasteiger partial charge < -0.3 is 20.1 Å². The van der Waals surface area contributed by atoms with Gasteiger partial charge in [0, 0.05) is 25.2 Å². The third-order valence-corrected chi connectivity index (χ3v) is 3.35. The summed E-state index contributed by atoms with van der Waals surface area (Å²) in [5, 5.41) is 13.3. The predicted molar refractivity (Wildman–Crippen MR) is 65.6 cm³/mol. The van der Waals surface area contributed by atoms with Crippen molar-refractivity contribution in [2.75, 3.05) is 39.4 Å². The minimum absolute atomic E-state index is 0.0598. The number of aliphatic hydroxyl groups excluding tert-OH is 1. The first kappa shape index (κ1) is 13.9. The fourth-order valence-electron chi connectivity index (χ4n) is 2.02. The first-order valence-electron chi connectivity index (χ1n) is 6.33. The van der Waals surface area contributed by atoms with E-state index in [0.29, 0.717) is 6.54 Å². The van der Waals surface area contributed by atoms with Gasteiger partial charge in [-0.15, -0.1) is 0 Å². The molecular weight excluding hydrogens is 204 g/mol. The molecule has 1 aliphatic heterocycles. The SMILES string of the molecule is CCN(CC)CC(O)CNC1(C)CCOC1. The minimum atomic E-state index is -0.294. The number of nitrogens with one attached hydrogen (secondary N) is 1. The van der Waals surface area contributed by atoms with E-state index in [9.17, 15) is 5.11 Å². The molecule has 2 N–H and O–H groups in total. The van der Waals surface area contributed by atoms with Crippen LogP contribution in [0.3, 0.4) is 0 Å². The molecule has 2 unspecified atom stereocenters. The second-order valence-corrected chi connectivity index (χ2v) is 4.88. The van der Waals surface area contributed by atoms with E-state index in [1.165, 1.54) is 0 Å². The summed E-state index contributed by atoms with van der Waals surface area (Å²) in [6.07, 6.45) is 0.739. The monoisotopic (exact) mass is 230 g/mol. The van der Waals surface area contributed by atoms with Crippen molar-refractivity contribution in [3.05, 3.63) is 0 Å². The standard InChI is InChI=1S/C12H26N2O2/c1-4-14(5-2)9-11(15)8-13-12(3)6-7-16-10-12/h11,13,15H,4-10H2,1-3H3. The molecule has 0 aromatic heterocycles. The van der Waals surface area contributed by atoms with Gasteiger partial charge in [0.15, 0.2) is 0 Å². The van der Waals surface area contributed by atoms with E-state index in [2.05, 4.69) is 31.0 Å². The Hall–Kier alpha value is -0.160. The third-order valence-electron chi connectivity index (χ3n) is 3.35. The van der Waals surface area contributed by atoms with Crippen molar-refractivity contribution in [3.8, 4) is 0 Å². The van der Waals surface area contributed by atoms with Crippen LogP contribution in [0.15, 0.2) is 0 Å². The molecule has 0 saturated carbocycles. The Morgan fingerprint density at radius 1 is 1.44 bits per heavy atom. The van der Waals surface area contributed by atoms with Gasteiger partial charge in [-0.05, 0) is 26.4 Å². The van der Waals surface area contributed by atoms with E-state index in [0.717, 1.165) is 39.3 Å². The van der Waals surface area contributed by atoms with E-state index >= 15 is 0 Å². The van der Waals surface area contributed by atoms with Gasteiger partial charge in [-0.3, -0.25) is 0 Å². The van der Waals surface area contributed by atoms with Crippen LogP contribution in [0.25, 0.3) is 0 Å². The molecule has 0 bridgehead atoms. The van der Waals surface area contributed by atoms with Crippen molar-refractivity contribution >= 4 is 0 Å². The molecule has 1 heterocycles. The van der Waals surface area contributed by atoms with Crippen molar-refractivity contribution < 1.29 is 9.84 Å². The molecule has 0 aromatic rings. The lowest BCUT2D eigenvalue weighted by Gasteiger charge is -2.27. The van der Waals surface area contributed by atoms with E-state index in [1.54, 1.807) is 0 Å². The van der Waals surface area contributed by atoms with Gasteiger partial charge in [-0.25, -0.2) is 0 Å². The van der Waals surface area contributed by atoms with Crippen molar-refractivity contribution in [1.82, 2.24) is 10.2 Å². The number of aliphatic hydroxyl groups is 1. The van der Waals surface area contributed by atoms with Gasteiger partial charge in [-0.2, -0.15) is 0 Å². The molecule has 0 spiro atoms. The van der Waals surface area contributed by atoms with E-state index < -0.39 is 0 Å². The fourth-order valence-corrected chi connectivity index (χ4v) is 2.02. The molecule has 0 amide bonds. The number of rotatable bonds is 7. The topological polar surface area (TPSA) is 44.7 Å². The average molecular weight is 230 g/mol. The Labute approximate surface area is 99.0 Å². The highest BCUT2D eigenvalue weighted by Crippen LogP contribution is 2.17. The molecule has 1 rings (SSSR count). The molecule has 0 aliphatic carbocycles. The molecule has 0 aromatic carbocycles. The molecule has 1 aliphatic rings. The van der Waals surface area contributed by atoms with E-state index in [1.807, 2.05) is 0 Å². The van der Waals surface area contributed by atoms with Crippen LogP contribution in [-0.2, 0) is 4.74 Å². The smallest absolute Gasteiger partial charge is 0.0791 e. The maximum Gasteiger partial charge on any atom is 0.0791 e. The Morgan fingerprint density at radius 3 is 2.62 bits per heavy atom. The van der Waals surface area contributed by atoms with Crippen LogP contribution in [0, 0.1) is 0 Å². The van der Waals surface area contributed by atoms with Gasteiger partial charge in [0.2, 0.25) is 0 Å². The lowest BCUT2D eigenvalue weighted by atomic mass is 10.0. The summed E-state index contributed by atoms with van der Waals surface area (Å²) < 4.78 is 5.36. The normalized spacial score (nSPS) is 27.6. The second-order valence-electron chi connectivity index (χ2n) is 4.88. The molecule has 2 atom stereocenters. The Balaban J connectivity index is 2.21. The zero-order valence-corrected chi connectivity index (χ0v) is 10.8. The predicted octanol–water partition coefficient (Wildman–Crippen LogP) is 0.458. The quantitative estimate of drug-likeness (QED) is 0.667. The number of likely N-dealkylation sites (N-methyl/N-ethyl adjacent to an activating group) is 1. The van der Waals surface area contributed by atoms with E-state index in [4.69, 9.17) is 4.74 Å². The van der Waals surface area contributed by atoms with E-state index in [-0.39, 0.29) is 11.6 Å². The summed E-state index contributed by atoms with van der Waals surface area (Å²) >= 11 is 0. The van der Waals surface area contributed by atoms with Crippen LogP contribution < -0.4 is 5.32 Å². The largest absolute Gasteiger partial charge is 0.390 e. The Kier molecular flexibility index (Phi) is 5.69. The fraction of sp³-hybridized carbons (Fsp3) is 1.00.